The van der Waals surface area contributed by atoms with Crippen LogP contribution in [-0.2, 0) is 6.54 Å². The molecule has 3 heteroatoms. The van der Waals surface area contributed by atoms with Gasteiger partial charge in [0.2, 0.25) is 5.69 Å². The van der Waals surface area contributed by atoms with Gasteiger partial charge in [-0.25, -0.2) is 0 Å². The molecule has 0 bridgehead atoms. The van der Waals surface area contributed by atoms with Gasteiger partial charge in [-0.05, 0) is 26.0 Å². The van der Waals surface area contributed by atoms with Crippen LogP contribution in [0.25, 0.3) is 12.2 Å². The second-order valence-electron chi connectivity index (χ2n) is 2.34. The van der Waals surface area contributed by atoms with Crippen molar-refractivity contribution in [3.63, 3.8) is 0 Å². The van der Waals surface area contributed by atoms with Gasteiger partial charge in [0, 0.05) is 0 Å². The Morgan fingerprint density at radius 1 is 1.67 bits per heavy atom. The zero-order valence-corrected chi connectivity index (χ0v) is 7.45. The normalized spacial score (nSPS) is 10.8. The maximum atomic E-state index is 5.03. The van der Waals surface area contributed by atoms with Crippen molar-refractivity contribution in [3.8, 4) is 0 Å². The van der Waals surface area contributed by atoms with E-state index in [4.69, 9.17) is 4.63 Å². The molecule has 0 aromatic carbocycles. The van der Waals surface area contributed by atoms with Gasteiger partial charge in [0.1, 0.15) is 6.54 Å². The molecule has 0 aliphatic carbocycles. The van der Waals surface area contributed by atoms with E-state index >= 15 is 0 Å². The van der Waals surface area contributed by atoms with Crippen molar-refractivity contribution < 1.29 is 9.37 Å². The summed E-state index contributed by atoms with van der Waals surface area (Å²) in [6.07, 6.45) is 5.56. The third-order valence-electron chi connectivity index (χ3n) is 1.57. The van der Waals surface area contributed by atoms with Gasteiger partial charge in [-0.3, -0.25) is 0 Å². The Hall–Kier alpha value is -1.38. The fourth-order valence-electron chi connectivity index (χ4n) is 1.02. The highest BCUT2D eigenvalue weighted by molar-refractivity contribution is 5.55. The van der Waals surface area contributed by atoms with Gasteiger partial charge in [-0.15, -0.1) is 0 Å². The van der Waals surface area contributed by atoms with Gasteiger partial charge >= 0.3 is 0 Å². The van der Waals surface area contributed by atoms with Gasteiger partial charge in [-0.1, -0.05) is 22.0 Å². The van der Waals surface area contributed by atoms with Crippen LogP contribution < -0.4 is 4.74 Å². The SMILES string of the molecule is C=Cc1c(/C=C\C)no[n+]1CC. The third kappa shape index (κ3) is 1.44. The fraction of sp³-hybridized carbons (Fsp3) is 0.333. The molecule has 0 radical (unpaired) electrons. The molecule has 0 amide bonds. The first-order valence-electron chi connectivity index (χ1n) is 3.98. The summed E-state index contributed by atoms with van der Waals surface area (Å²) in [5, 5.41) is 3.88. The minimum absolute atomic E-state index is 0.770. The van der Waals surface area contributed by atoms with Crippen LogP contribution in [0, 0.1) is 0 Å². The summed E-state index contributed by atoms with van der Waals surface area (Å²) in [7, 11) is 0. The molecule has 0 saturated carbocycles. The molecule has 0 unspecified atom stereocenters. The predicted octanol–water partition coefficient (Wildman–Crippen LogP) is 1.66. The van der Waals surface area contributed by atoms with Gasteiger partial charge in [0.15, 0.2) is 5.16 Å². The molecule has 0 atom stereocenters. The Kier molecular flexibility index (Phi) is 2.80. The molecule has 64 valence electrons. The summed E-state index contributed by atoms with van der Waals surface area (Å²) >= 11 is 0. The Bertz CT molecular complexity index is 299. The van der Waals surface area contributed by atoms with Gasteiger partial charge in [0.25, 0.3) is 5.69 Å². The lowest BCUT2D eigenvalue weighted by atomic mass is 10.3. The van der Waals surface area contributed by atoms with Gasteiger partial charge in [0.05, 0.1) is 0 Å². The molecular formula is C9H13N2O+. The van der Waals surface area contributed by atoms with Crippen LogP contribution >= 0.6 is 0 Å². The molecular weight excluding hydrogens is 152 g/mol. The monoisotopic (exact) mass is 165 g/mol. The number of nitrogens with zero attached hydrogens (tertiary/aromatic N) is 2. The summed E-state index contributed by atoms with van der Waals surface area (Å²) < 4.78 is 6.73. The van der Waals surface area contributed by atoms with E-state index in [2.05, 4.69) is 11.7 Å². The van der Waals surface area contributed by atoms with E-state index in [1.165, 1.54) is 0 Å². The molecule has 1 rings (SSSR count). The minimum Gasteiger partial charge on any atom is -0.0945 e. The molecule has 0 saturated heterocycles. The lowest BCUT2D eigenvalue weighted by molar-refractivity contribution is -0.871. The van der Waals surface area contributed by atoms with Crippen molar-refractivity contribution in [3.05, 3.63) is 24.0 Å². The second kappa shape index (κ2) is 3.85. The Morgan fingerprint density at radius 3 is 2.92 bits per heavy atom. The molecule has 0 aliphatic rings. The highest BCUT2D eigenvalue weighted by atomic mass is 16.6. The van der Waals surface area contributed by atoms with Crippen molar-refractivity contribution in [2.45, 2.75) is 20.4 Å². The predicted molar refractivity (Wildman–Crippen MR) is 47.2 cm³/mol. The molecule has 1 aromatic rings. The fourth-order valence-corrected chi connectivity index (χ4v) is 1.02. The molecule has 0 fully saturated rings. The van der Waals surface area contributed by atoms with Crippen molar-refractivity contribution >= 4 is 12.2 Å². The van der Waals surface area contributed by atoms with E-state index in [0.717, 1.165) is 17.9 Å². The number of aromatic nitrogens is 2. The summed E-state index contributed by atoms with van der Waals surface area (Å²) in [5.41, 5.74) is 1.75. The first-order valence-corrected chi connectivity index (χ1v) is 3.98. The van der Waals surface area contributed by atoms with E-state index < -0.39 is 0 Å². The van der Waals surface area contributed by atoms with Gasteiger partial charge in [-0.2, -0.15) is 0 Å². The van der Waals surface area contributed by atoms with Gasteiger partial charge < -0.3 is 0 Å². The molecule has 0 spiro atoms. The summed E-state index contributed by atoms with van der Waals surface area (Å²) in [4.78, 5) is 0. The Balaban J connectivity index is 3.13. The highest BCUT2D eigenvalue weighted by Gasteiger charge is 2.16. The quantitative estimate of drug-likeness (QED) is 0.637. The first kappa shape index (κ1) is 8.71. The maximum Gasteiger partial charge on any atom is 0.273 e. The zero-order chi connectivity index (χ0) is 8.97. The summed E-state index contributed by atoms with van der Waals surface area (Å²) in [6.45, 7) is 8.41. The highest BCUT2D eigenvalue weighted by Crippen LogP contribution is 2.04. The Morgan fingerprint density at radius 2 is 2.42 bits per heavy atom. The standard InChI is InChI=1S/C9H13N2O/c1-4-7-8-9(5-2)11(6-3)12-10-8/h4-5,7H,2,6H2,1,3H3/q+1/b7-4-. The van der Waals surface area contributed by atoms with Crippen LogP contribution in [0.3, 0.4) is 0 Å². The Labute approximate surface area is 72.0 Å². The molecule has 3 nitrogen and oxygen atoms in total. The molecule has 1 heterocycles. The van der Waals surface area contributed by atoms with Crippen LogP contribution in [-0.4, -0.2) is 5.16 Å². The number of hydrogen-bond acceptors (Lipinski definition) is 2. The number of rotatable bonds is 3. The molecule has 0 aliphatic heterocycles. The van der Waals surface area contributed by atoms with Crippen molar-refractivity contribution in [1.82, 2.24) is 5.16 Å². The van der Waals surface area contributed by atoms with E-state index in [9.17, 15) is 0 Å². The summed E-state index contributed by atoms with van der Waals surface area (Å²) in [6, 6.07) is 0. The topological polar surface area (TPSA) is 29.9 Å². The molecule has 0 N–H and O–H groups in total. The van der Waals surface area contributed by atoms with Crippen LogP contribution in [0.15, 0.2) is 17.3 Å². The lowest BCUT2D eigenvalue weighted by Crippen LogP contribution is -2.32. The summed E-state index contributed by atoms with van der Waals surface area (Å²) in [5.74, 6) is 0. The first-order chi connectivity index (χ1) is 5.83. The molecule has 12 heavy (non-hydrogen) atoms. The molecule has 1 aromatic heterocycles. The maximum absolute atomic E-state index is 5.03. The minimum atomic E-state index is 0.770. The lowest BCUT2D eigenvalue weighted by Gasteiger charge is -1.84. The zero-order valence-electron chi connectivity index (χ0n) is 7.45. The van der Waals surface area contributed by atoms with Crippen LogP contribution in [0.4, 0.5) is 0 Å². The van der Waals surface area contributed by atoms with Crippen molar-refractivity contribution in [2.75, 3.05) is 0 Å². The number of aryl methyl sites for hydroxylation is 1. The average molecular weight is 165 g/mol. The number of allylic oxidation sites excluding steroid dienone is 1. The van der Waals surface area contributed by atoms with E-state index in [1.54, 1.807) is 10.8 Å². The largest absolute Gasteiger partial charge is 0.273 e. The van der Waals surface area contributed by atoms with Crippen molar-refractivity contribution in [2.24, 2.45) is 0 Å². The third-order valence-corrected chi connectivity index (χ3v) is 1.57. The number of hydrogen-bond donors (Lipinski definition) is 0. The van der Waals surface area contributed by atoms with Crippen LogP contribution in [0.2, 0.25) is 0 Å². The smallest absolute Gasteiger partial charge is 0.0945 e. The average Bonchev–Trinajstić information content (AvgIpc) is 2.47. The van der Waals surface area contributed by atoms with Crippen LogP contribution in [0.1, 0.15) is 25.2 Å². The second-order valence-corrected chi connectivity index (χ2v) is 2.34. The van der Waals surface area contributed by atoms with E-state index in [1.807, 2.05) is 26.0 Å². The van der Waals surface area contributed by atoms with E-state index in [0.29, 0.717) is 0 Å². The van der Waals surface area contributed by atoms with Crippen molar-refractivity contribution in [1.29, 1.82) is 0 Å². The van der Waals surface area contributed by atoms with Crippen LogP contribution in [0.5, 0.6) is 0 Å². The van der Waals surface area contributed by atoms with E-state index in [-0.39, 0.29) is 0 Å².